The molecule has 24 heavy (non-hydrogen) atoms. The molecule has 2 aromatic rings. The van der Waals surface area contributed by atoms with E-state index in [1.807, 2.05) is 6.07 Å². The Kier molecular flexibility index (Phi) is 6.14. The van der Waals surface area contributed by atoms with Gasteiger partial charge >= 0.3 is 0 Å². The molecule has 0 aliphatic rings. The number of benzene rings is 2. The minimum atomic E-state index is -0.832. The van der Waals surface area contributed by atoms with Crippen LogP contribution in [0.2, 0.25) is 5.02 Å². The van der Waals surface area contributed by atoms with Crippen molar-refractivity contribution in [3.8, 4) is 6.07 Å². The SMILES string of the molecule is CC(NC(=O)/C=C/c1cccc(C#N)c1)C(O)c1ccc(Cl)cc1. The fourth-order valence-corrected chi connectivity index (χ4v) is 2.31. The number of aliphatic hydroxyl groups excluding tert-OH is 1. The molecule has 2 N–H and O–H groups in total. The second-order valence-electron chi connectivity index (χ2n) is 5.36. The molecular formula is C19H17ClN2O2. The highest BCUT2D eigenvalue weighted by Crippen LogP contribution is 2.19. The standard InChI is InChI=1S/C19H17ClN2O2/c1-13(19(24)16-6-8-17(20)9-7-16)22-18(23)10-5-14-3-2-4-15(11-14)12-21/h2-11,13,19,24H,1H3,(H,22,23)/b10-5+. The molecule has 0 radical (unpaired) electrons. The zero-order chi connectivity index (χ0) is 17.5. The van der Waals surface area contributed by atoms with E-state index in [-0.39, 0.29) is 5.91 Å². The third kappa shape index (κ3) is 4.95. The summed E-state index contributed by atoms with van der Waals surface area (Å²) in [4.78, 5) is 12.0. The van der Waals surface area contributed by atoms with E-state index in [4.69, 9.17) is 16.9 Å². The zero-order valence-electron chi connectivity index (χ0n) is 13.1. The number of carbonyl (C=O) groups excluding carboxylic acids is 1. The summed E-state index contributed by atoms with van der Waals surface area (Å²) in [5, 5.41) is 22.4. The summed E-state index contributed by atoms with van der Waals surface area (Å²) in [6.45, 7) is 1.72. The number of halogens is 1. The number of hydrogen-bond acceptors (Lipinski definition) is 3. The largest absolute Gasteiger partial charge is 0.386 e. The van der Waals surface area contributed by atoms with Crippen molar-refractivity contribution in [2.75, 3.05) is 0 Å². The smallest absolute Gasteiger partial charge is 0.244 e. The van der Waals surface area contributed by atoms with Crippen molar-refractivity contribution >= 4 is 23.6 Å². The van der Waals surface area contributed by atoms with Gasteiger partial charge in [0.1, 0.15) is 0 Å². The van der Waals surface area contributed by atoms with Gasteiger partial charge in [-0.2, -0.15) is 5.26 Å². The molecule has 0 aliphatic heterocycles. The number of hydrogen-bond donors (Lipinski definition) is 2. The maximum Gasteiger partial charge on any atom is 0.244 e. The van der Waals surface area contributed by atoms with Crippen molar-refractivity contribution in [2.24, 2.45) is 0 Å². The third-order valence-corrected chi connectivity index (χ3v) is 3.75. The molecule has 2 rings (SSSR count). The predicted molar refractivity (Wildman–Crippen MR) is 94.2 cm³/mol. The first-order chi connectivity index (χ1) is 11.5. The molecule has 4 nitrogen and oxygen atoms in total. The highest BCUT2D eigenvalue weighted by Gasteiger charge is 2.17. The first-order valence-electron chi connectivity index (χ1n) is 7.42. The molecule has 0 saturated heterocycles. The number of amides is 1. The molecular weight excluding hydrogens is 324 g/mol. The van der Waals surface area contributed by atoms with Crippen molar-refractivity contribution in [2.45, 2.75) is 19.1 Å². The van der Waals surface area contributed by atoms with Crippen LogP contribution in [0.15, 0.2) is 54.6 Å². The average molecular weight is 341 g/mol. The fourth-order valence-electron chi connectivity index (χ4n) is 2.18. The summed E-state index contributed by atoms with van der Waals surface area (Å²) in [5.41, 5.74) is 1.97. The van der Waals surface area contributed by atoms with E-state index >= 15 is 0 Å². The minimum absolute atomic E-state index is 0.321. The fraction of sp³-hybridized carbons (Fsp3) is 0.158. The van der Waals surface area contributed by atoms with Crippen LogP contribution in [0.5, 0.6) is 0 Å². The van der Waals surface area contributed by atoms with Crippen molar-refractivity contribution in [3.63, 3.8) is 0 Å². The van der Waals surface area contributed by atoms with E-state index in [9.17, 15) is 9.90 Å². The maximum atomic E-state index is 12.0. The Hall–Kier alpha value is -2.61. The van der Waals surface area contributed by atoms with Gasteiger partial charge in [0.2, 0.25) is 5.91 Å². The Morgan fingerprint density at radius 3 is 2.67 bits per heavy atom. The van der Waals surface area contributed by atoms with Gasteiger partial charge in [-0.3, -0.25) is 4.79 Å². The van der Waals surface area contributed by atoms with E-state index < -0.39 is 12.1 Å². The molecule has 5 heteroatoms. The average Bonchev–Trinajstić information content (AvgIpc) is 2.60. The van der Waals surface area contributed by atoms with Crippen LogP contribution in [-0.2, 0) is 4.79 Å². The topological polar surface area (TPSA) is 73.1 Å². The highest BCUT2D eigenvalue weighted by atomic mass is 35.5. The molecule has 2 atom stereocenters. The molecule has 0 saturated carbocycles. The first-order valence-corrected chi connectivity index (χ1v) is 7.79. The van der Waals surface area contributed by atoms with Crippen LogP contribution in [-0.4, -0.2) is 17.1 Å². The van der Waals surface area contributed by atoms with Crippen molar-refractivity contribution in [1.82, 2.24) is 5.32 Å². The van der Waals surface area contributed by atoms with Crippen LogP contribution in [0, 0.1) is 11.3 Å². The van der Waals surface area contributed by atoms with Gasteiger partial charge in [-0.1, -0.05) is 35.9 Å². The summed E-state index contributed by atoms with van der Waals surface area (Å²) < 4.78 is 0. The monoisotopic (exact) mass is 340 g/mol. The zero-order valence-corrected chi connectivity index (χ0v) is 13.9. The summed E-state index contributed by atoms with van der Waals surface area (Å²) in [7, 11) is 0. The van der Waals surface area contributed by atoms with Gasteiger partial charge in [0.05, 0.1) is 23.8 Å². The van der Waals surface area contributed by atoms with Crippen molar-refractivity contribution in [1.29, 1.82) is 5.26 Å². The van der Waals surface area contributed by atoms with Crippen molar-refractivity contribution in [3.05, 3.63) is 76.3 Å². The van der Waals surface area contributed by atoms with Gasteiger partial charge < -0.3 is 10.4 Å². The van der Waals surface area contributed by atoms with Gasteiger partial charge in [-0.05, 0) is 48.4 Å². The summed E-state index contributed by atoms with van der Waals surface area (Å²) in [5.74, 6) is -0.321. The number of nitrogens with one attached hydrogen (secondary N) is 1. The van der Waals surface area contributed by atoms with Crippen LogP contribution in [0.3, 0.4) is 0 Å². The summed E-state index contributed by atoms with van der Waals surface area (Å²) >= 11 is 5.82. The molecule has 0 aromatic heterocycles. The van der Waals surface area contributed by atoms with Gasteiger partial charge in [-0.15, -0.1) is 0 Å². The number of nitrogens with zero attached hydrogens (tertiary/aromatic N) is 1. The van der Waals surface area contributed by atoms with Gasteiger partial charge in [0.15, 0.2) is 0 Å². The van der Waals surface area contributed by atoms with E-state index in [1.54, 1.807) is 61.5 Å². The van der Waals surface area contributed by atoms with Gasteiger partial charge in [-0.25, -0.2) is 0 Å². The van der Waals surface area contributed by atoms with Crippen LogP contribution in [0.4, 0.5) is 0 Å². The Morgan fingerprint density at radius 1 is 1.29 bits per heavy atom. The number of nitriles is 1. The van der Waals surface area contributed by atoms with Gasteiger partial charge in [0.25, 0.3) is 0 Å². The Labute approximate surface area is 146 Å². The lowest BCUT2D eigenvalue weighted by atomic mass is 10.0. The highest BCUT2D eigenvalue weighted by molar-refractivity contribution is 6.30. The lowest BCUT2D eigenvalue weighted by Gasteiger charge is -2.20. The van der Waals surface area contributed by atoms with E-state index in [0.717, 1.165) is 5.56 Å². The second kappa shape index (κ2) is 8.30. The molecule has 1 amide bonds. The predicted octanol–water partition coefficient (Wildman–Crippen LogP) is 3.46. The molecule has 122 valence electrons. The summed E-state index contributed by atoms with van der Waals surface area (Å²) in [6.07, 6.45) is 2.17. The Morgan fingerprint density at radius 2 is 2.00 bits per heavy atom. The Balaban J connectivity index is 1.96. The maximum absolute atomic E-state index is 12.0. The quantitative estimate of drug-likeness (QED) is 0.818. The molecule has 0 fully saturated rings. The second-order valence-corrected chi connectivity index (χ2v) is 5.80. The number of aliphatic hydroxyl groups is 1. The number of carbonyl (C=O) groups is 1. The van der Waals surface area contributed by atoms with Crippen LogP contribution < -0.4 is 5.32 Å². The Bertz CT molecular complexity index is 779. The molecule has 2 unspecified atom stereocenters. The van der Waals surface area contributed by atoms with E-state index in [0.29, 0.717) is 16.1 Å². The van der Waals surface area contributed by atoms with Crippen LogP contribution in [0.25, 0.3) is 6.08 Å². The van der Waals surface area contributed by atoms with Crippen LogP contribution >= 0.6 is 11.6 Å². The molecule has 0 heterocycles. The molecule has 0 bridgehead atoms. The molecule has 2 aromatic carbocycles. The van der Waals surface area contributed by atoms with Gasteiger partial charge in [0, 0.05) is 11.1 Å². The normalized spacial score (nSPS) is 13.2. The molecule has 0 aliphatic carbocycles. The van der Waals surface area contributed by atoms with Crippen molar-refractivity contribution < 1.29 is 9.90 Å². The van der Waals surface area contributed by atoms with E-state index in [2.05, 4.69) is 5.32 Å². The third-order valence-electron chi connectivity index (χ3n) is 3.50. The lowest BCUT2D eigenvalue weighted by Crippen LogP contribution is -2.36. The lowest BCUT2D eigenvalue weighted by molar-refractivity contribution is -0.117. The molecule has 0 spiro atoms. The number of rotatable bonds is 5. The van der Waals surface area contributed by atoms with Crippen LogP contribution in [0.1, 0.15) is 29.7 Å². The summed E-state index contributed by atoms with van der Waals surface area (Å²) in [6, 6.07) is 15.3. The minimum Gasteiger partial charge on any atom is -0.386 e. The first kappa shape index (κ1) is 17.7. The van der Waals surface area contributed by atoms with E-state index in [1.165, 1.54) is 6.08 Å².